The van der Waals surface area contributed by atoms with E-state index < -0.39 is 45.2 Å². The van der Waals surface area contributed by atoms with Crippen molar-refractivity contribution in [3.8, 4) is 0 Å². The minimum absolute atomic E-state index is 0.191. The molecule has 0 unspecified atom stereocenters. The molecule has 0 bridgehead atoms. The minimum Gasteiger partial charge on any atom is -0.396 e. The first kappa shape index (κ1) is 23.6. The Morgan fingerprint density at radius 1 is 1.23 bits per heavy atom. The number of rotatable bonds is 6. The van der Waals surface area contributed by atoms with Crippen molar-refractivity contribution in [3.05, 3.63) is 39.9 Å². The van der Waals surface area contributed by atoms with Crippen LogP contribution in [0.15, 0.2) is 22.4 Å². The van der Waals surface area contributed by atoms with Crippen molar-refractivity contribution >= 4 is 39.1 Å². The van der Waals surface area contributed by atoms with Gasteiger partial charge in [-0.25, -0.2) is 22.9 Å². The molecule has 14 heteroatoms. The highest BCUT2D eigenvalue weighted by Crippen LogP contribution is 2.31. The Kier molecular flexibility index (Phi) is 7.05. The van der Waals surface area contributed by atoms with Gasteiger partial charge >= 0.3 is 12.2 Å². The molecular weight excluding hydrogens is 449 g/mol. The van der Waals surface area contributed by atoms with E-state index in [1.54, 1.807) is 11.6 Å². The van der Waals surface area contributed by atoms with Gasteiger partial charge in [0.15, 0.2) is 0 Å². The molecule has 2 aromatic rings. The number of carbonyl (C=O) groups is 2. The second kappa shape index (κ2) is 8.97. The van der Waals surface area contributed by atoms with Crippen LogP contribution in [0.25, 0.3) is 0 Å². The average molecular weight is 466 g/mol. The predicted molar refractivity (Wildman–Crippen MR) is 102 cm³/mol. The maximum atomic E-state index is 13.0. The average Bonchev–Trinajstić information content (AvgIpc) is 3.01. The first-order chi connectivity index (χ1) is 13.9. The lowest BCUT2D eigenvalue weighted by Gasteiger charge is -2.12. The van der Waals surface area contributed by atoms with Crippen molar-refractivity contribution in [2.24, 2.45) is 0 Å². The Morgan fingerprint density at radius 2 is 1.90 bits per heavy atom. The van der Waals surface area contributed by atoms with Crippen LogP contribution < -0.4 is 15.4 Å². The molecule has 0 aromatic carbocycles. The number of aliphatic hydroxyl groups is 1. The molecule has 2 aromatic heterocycles. The van der Waals surface area contributed by atoms with Gasteiger partial charge in [0.05, 0.1) is 5.56 Å². The van der Waals surface area contributed by atoms with Crippen molar-refractivity contribution in [2.75, 3.05) is 19.0 Å². The summed E-state index contributed by atoms with van der Waals surface area (Å²) in [7, 11) is -3.14. The van der Waals surface area contributed by atoms with Gasteiger partial charge in [-0.05, 0) is 30.7 Å². The van der Waals surface area contributed by atoms with Crippen molar-refractivity contribution in [1.29, 1.82) is 0 Å². The number of pyridine rings is 1. The zero-order valence-electron chi connectivity index (χ0n) is 15.6. The zero-order chi connectivity index (χ0) is 22.7. The number of thiophene rings is 1. The van der Waals surface area contributed by atoms with Crippen molar-refractivity contribution in [2.45, 2.75) is 23.7 Å². The largest absolute Gasteiger partial charge is 0.416 e. The van der Waals surface area contributed by atoms with Crippen molar-refractivity contribution < 1.29 is 36.3 Å². The smallest absolute Gasteiger partial charge is 0.396 e. The second-order valence-corrected chi connectivity index (χ2v) is 8.95. The Balaban J connectivity index is 2.26. The first-order valence-corrected chi connectivity index (χ1v) is 10.5. The number of aliphatic hydroxyl groups excluding tert-OH is 1. The molecule has 3 amide bonds. The number of sulfonamides is 1. The van der Waals surface area contributed by atoms with E-state index in [9.17, 15) is 31.2 Å². The fraction of sp³-hybridized carbons (Fsp3) is 0.312. The van der Waals surface area contributed by atoms with E-state index in [-0.39, 0.29) is 17.2 Å². The highest BCUT2D eigenvalue weighted by atomic mass is 32.2. The van der Waals surface area contributed by atoms with Gasteiger partial charge in [-0.2, -0.15) is 13.2 Å². The van der Waals surface area contributed by atoms with Gasteiger partial charge < -0.3 is 10.4 Å². The molecule has 0 aliphatic carbocycles. The van der Waals surface area contributed by atoms with E-state index in [0.29, 0.717) is 22.6 Å². The third-order valence-corrected chi connectivity index (χ3v) is 6.78. The predicted octanol–water partition coefficient (Wildman–Crippen LogP) is 1.88. The lowest BCUT2D eigenvalue weighted by Crippen LogP contribution is -2.34. The van der Waals surface area contributed by atoms with Gasteiger partial charge in [-0.3, -0.25) is 10.1 Å². The number of aromatic nitrogens is 1. The van der Waals surface area contributed by atoms with E-state index >= 15 is 0 Å². The maximum absolute atomic E-state index is 13.0. The summed E-state index contributed by atoms with van der Waals surface area (Å²) < 4.78 is 65.3. The number of urea groups is 1. The molecule has 0 radical (unpaired) electrons. The Bertz CT molecular complexity index is 1070. The van der Waals surface area contributed by atoms with Gasteiger partial charge in [-0.15, -0.1) is 11.3 Å². The molecule has 2 rings (SSSR count). The lowest BCUT2D eigenvalue weighted by atomic mass is 10.2. The Hall–Kier alpha value is -2.71. The summed E-state index contributed by atoms with van der Waals surface area (Å²) in [4.78, 5) is 27.9. The van der Waals surface area contributed by atoms with E-state index in [0.717, 1.165) is 11.3 Å². The fourth-order valence-electron chi connectivity index (χ4n) is 2.29. The molecule has 4 N–H and O–H groups in total. The topological polar surface area (TPSA) is 137 Å². The summed E-state index contributed by atoms with van der Waals surface area (Å²) in [5.74, 6) is -1.60. The van der Waals surface area contributed by atoms with E-state index in [4.69, 9.17) is 5.11 Å². The van der Waals surface area contributed by atoms with Crippen LogP contribution in [0.3, 0.4) is 0 Å². The molecule has 30 heavy (non-hydrogen) atoms. The number of nitrogens with zero attached hydrogens (tertiary/aromatic N) is 1. The molecule has 0 aliphatic rings. The summed E-state index contributed by atoms with van der Waals surface area (Å²) in [5, 5.41) is 13.0. The van der Waals surface area contributed by atoms with Crippen LogP contribution in [0.2, 0.25) is 0 Å². The number of carbonyl (C=O) groups excluding carboxylic acids is 2. The standard InChI is InChI=1S/C16H17F3N4O5S2/c1-8-5-13(29-11(8)3-4-24)30(27,28)23-15(26)22-12-7-9(16(17,18)19)6-10(21-12)14(25)20-2/h5-7,24H,3-4H2,1-2H3,(H,20,25)(H2,21,22,23,26). The second-order valence-electron chi connectivity index (χ2n) is 5.91. The number of aryl methyl sites for hydroxylation is 1. The van der Waals surface area contributed by atoms with Crippen LogP contribution in [-0.2, 0) is 22.6 Å². The molecule has 164 valence electrons. The Labute approximate surface area is 173 Å². The van der Waals surface area contributed by atoms with Gasteiger partial charge in [-0.1, -0.05) is 0 Å². The monoisotopic (exact) mass is 466 g/mol. The number of alkyl halides is 3. The molecule has 0 atom stereocenters. The highest BCUT2D eigenvalue weighted by Gasteiger charge is 2.32. The number of hydrogen-bond acceptors (Lipinski definition) is 7. The van der Waals surface area contributed by atoms with Crippen molar-refractivity contribution in [1.82, 2.24) is 15.0 Å². The van der Waals surface area contributed by atoms with Gasteiger partial charge in [0.25, 0.3) is 15.9 Å². The minimum atomic E-state index is -4.83. The number of nitrogens with one attached hydrogen (secondary N) is 3. The summed E-state index contributed by atoms with van der Waals surface area (Å²) >= 11 is 0.847. The summed E-state index contributed by atoms with van der Waals surface area (Å²) in [5.41, 5.74) is -1.27. The summed E-state index contributed by atoms with van der Waals surface area (Å²) in [6.07, 6.45) is -4.60. The highest BCUT2D eigenvalue weighted by molar-refractivity contribution is 7.92. The quantitative estimate of drug-likeness (QED) is 0.513. The van der Waals surface area contributed by atoms with E-state index in [1.807, 2.05) is 5.32 Å². The first-order valence-electron chi connectivity index (χ1n) is 8.22. The van der Waals surface area contributed by atoms with Gasteiger partial charge in [0.1, 0.15) is 15.7 Å². The summed E-state index contributed by atoms with van der Waals surface area (Å²) in [6.45, 7) is 1.44. The number of hydrogen-bond donors (Lipinski definition) is 4. The molecule has 0 spiro atoms. The number of amides is 3. The number of halogens is 3. The fourth-order valence-corrected chi connectivity index (χ4v) is 4.77. The normalized spacial score (nSPS) is 11.8. The van der Waals surface area contributed by atoms with Gasteiger partial charge in [0.2, 0.25) is 0 Å². The van der Waals surface area contributed by atoms with Crippen LogP contribution >= 0.6 is 11.3 Å². The Morgan fingerprint density at radius 3 is 2.47 bits per heavy atom. The molecule has 0 fully saturated rings. The molecule has 0 saturated carbocycles. The molecule has 2 heterocycles. The third kappa shape index (κ3) is 5.67. The van der Waals surface area contributed by atoms with Crippen LogP contribution in [0.4, 0.5) is 23.8 Å². The lowest BCUT2D eigenvalue weighted by molar-refractivity contribution is -0.137. The van der Waals surface area contributed by atoms with Gasteiger partial charge in [0, 0.05) is 25.0 Å². The molecular formula is C16H17F3N4O5S2. The molecule has 0 aliphatic heterocycles. The summed E-state index contributed by atoms with van der Waals surface area (Å²) in [6, 6.07) is 0.903. The van der Waals surface area contributed by atoms with E-state index in [2.05, 4.69) is 10.3 Å². The van der Waals surface area contributed by atoms with Crippen LogP contribution in [0.5, 0.6) is 0 Å². The van der Waals surface area contributed by atoms with Crippen LogP contribution in [0, 0.1) is 6.92 Å². The van der Waals surface area contributed by atoms with Crippen molar-refractivity contribution in [3.63, 3.8) is 0 Å². The molecule has 9 nitrogen and oxygen atoms in total. The zero-order valence-corrected chi connectivity index (χ0v) is 17.3. The molecule has 0 saturated heterocycles. The third-order valence-electron chi connectivity index (χ3n) is 3.68. The van der Waals surface area contributed by atoms with E-state index in [1.165, 1.54) is 13.1 Å². The SMILES string of the molecule is CNC(=O)c1cc(C(F)(F)F)cc(NC(=O)NS(=O)(=O)c2cc(C)c(CCO)s2)n1. The van der Waals surface area contributed by atoms with Crippen LogP contribution in [0.1, 0.15) is 26.5 Å². The number of anilines is 1. The maximum Gasteiger partial charge on any atom is 0.416 e. The van der Waals surface area contributed by atoms with Crippen LogP contribution in [-0.4, -0.2) is 44.1 Å².